The number of likely N-dealkylation sites (tertiary alicyclic amines) is 1. The molecule has 5 nitrogen and oxygen atoms in total. The highest BCUT2D eigenvalue weighted by Crippen LogP contribution is 2.45. The first-order valence-corrected chi connectivity index (χ1v) is 9.52. The Balaban J connectivity index is 1.72. The van der Waals surface area contributed by atoms with Crippen LogP contribution in [0.2, 0.25) is 0 Å². The number of thioether (sulfide) groups is 1. The van der Waals surface area contributed by atoms with Crippen LogP contribution >= 0.6 is 40.3 Å². The molecule has 0 aromatic carbocycles. The van der Waals surface area contributed by atoms with Crippen LogP contribution in [0, 0.1) is 0 Å². The second-order valence-corrected chi connectivity index (χ2v) is 7.89. The molecule has 3 heterocycles. The number of carbonyl (C=O) groups is 2. The predicted molar refractivity (Wildman–Crippen MR) is 91.8 cm³/mol. The molecule has 0 N–H and O–H groups in total. The Labute approximate surface area is 147 Å². The van der Waals surface area contributed by atoms with Crippen LogP contribution in [-0.2, 0) is 16.1 Å². The number of piperidine rings is 1. The summed E-state index contributed by atoms with van der Waals surface area (Å²) in [5, 5.41) is 0. The molecular weight excluding hydrogens is 388 g/mol. The van der Waals surface area contributed by atoms with Gasteiger partial charge >= 0.3 is 0 Å². The number of amides is 2. The van der Waals surface area contributed by atoms with Gasteiger partial charge in [-0.3, -0.25) is 9.59 Å². The highest BCUT2D eigenvalue weighted by atomic mass is 79.9. The van der Waals surface area contributed by atoms with Gasteiger partial charge in [-0.25, -0.2) is 0 Å². The number of nitrogens with zero attached hydrogens (tertiary/aromatic N) is 2. The van der Waals surface area contributed by atoms with Crippen LogP contribution in [0.25, 0.3) is 0 Å². The van der Waals surface area contributed by atoms with Gasteiger partial charge in [0.05, 0.1) is 22.9 Å². The smallest absolute Gasteiger partial charge is 0.234 e. The molecule has 1 spiro atoms. The van der Waals surface area contributed by atoms with Crippen molar-refractivity contribution in [3.8, 4) is 0 Å². The van der Waals surface area contributed by atoms with Gasteiger partial charge in [0, 0.05) is 13.1 Å². The van der Waals surface area contributed by atoms with E-state index < -0.39 is 0 Å². The zero-order valence-corrected chi connectivity index (χ0v) is 15.3. The van der Waals surface area contributed by atoms with E-state index in [9.17, 15) is 9.59 Å². The normalized spacial score (nSPS) is 20.9. The average molecular weight is 405 g/mol. The minimum Gasteiger partial charge on any atom is -0.452 e. The molecular formula is C14H17BrN2O3S2. The van der Waals surface area contributed by atoms with Gasteiger partial charge in [-0.2, -0.15) is 12.6 Å². The van der Waals surface area contributed by atoms with Gasteiger partial charge < -0.3 is 14.2 Å². The molecule has 1 aromatic rings. The molecule has 0 unspecified atom stereocenters. The Morgan fingerprint density at radius 1 is 1.41 bits per heavy atom. The summed E-state index contributed by atoms with van der Waals surface area (Å²) in [7, 11) is 0. The van der Waals surface area contributed by atoms with Crippen molar-refractivity contribution in [1.29, 1.82) is 0 Å². The molecule has 2 saturated heterocycles. The van der Waals surface area contributed by atoms with E-state index in [1.165, 1.54) is 0 Å². The Hall–Kier alpha value is -0.600. The summed E-state index contributed by atoms with van der Waals surface area (Å²) < 4.78 is 6.21. The highest BCUT2D eigenvalue weighted by Gasteiger charge is 2.48. The Bertz CT molecular complexity index is 584. The lowest BCUT2D eigenvalue weighted by Crippen LogP contribution is -2.52. The third kappa shape index (κ3) is 3.05. The van der Waals surface area contributed by atoms with E-state index in [0.717, 1.165) is 18.6 Å². The summed E-state index contributed by atoms with van der Waals surface area (Å²) in [6.45, 7) is 1.84. The zero-order chi connectivity index (χ0) is 15.7. The third-order valence-corrected chi connectivity index (χ3v) is 6.49. The van der Waals surface area contributed by atoms with Crippen molar-refractivity contribution < 1.29 is 14.0 Å². The van der Waals surface area contributed by atoms with Crippen LogP contribution in [0.3, 0.4) is 0 Å². The maximum absolute atomic E-state index is 12.3. The fraction of sp³-hybridized carbons (Fsp3) is 0.571. The van der Waals surface area contributed by atoms with Gasteiger partial charge in [0.25, 0.3) is 0 Å². The third-order valence-electron chi connectivity index (χ3n) is 4.23. The molecule has 2 fully saturated rings. The average Bonchev–Trinajstić information content (AvgIpc) is 3.06. The molecule has 2 amide bonds. The van der Waals surface area contributed by atoms with Gasteiger partial charge in [-0.15, -0.1) is 11.8 Å². The number of carbonyl (C=O) groups excluding carboxylic acids is 2. The van der Waals surface area contributed by atoms with Crippen LogP contribution < -0.4 is 0 Å². The number of hydrogen-bond donors (Lipinski definition) is 1. The number of halogens is 1. The second kappa shape index (κ2) is 6.49. The molecule has 0 saturated carbocycles. The minimum absolute atomic E-state index is 0.0639. The summed E-state index contributed by atoms with van der Waals surface area (Å²) >= 11 is 9.03. The van der Waals surface area contributed by atoms with E-state index in [-0.39, 0.29) is 22.4 Å². The molecule has 8 heteroatoms. The van der Waals surface area contributed by atoms with Gasteiger partial charge in [0.2, 0.25) is 11.8 Å². The number of hydrogen-bond acceptors (Lipinski definition) is 5. The van der Waals surface area contributed by atoms with E-state index in [0.29, 0.717) is 30.1 Å². The fourth-order valence-electron chi connectivity index (χ4n) is 3.02. The van der Waals surface area contributed by atoms with Crippen molar-refractivity contribution in [1.82, 2.24) is 9.80 Å². The van der Waals surface area contributed by atoms with Crippen molar-refractivity contribution in [2.45, 2.75) is 24.3 Å². The van der Waals surface area contributed by atoms with E-state index in [2.05, 4.69) is 28.6 Å². The molecule has 2 aliphatic rings. The van der Waals surface area contributed by atoms with Crippen molar-refractivity contribution >= 4 is 52.1 Å². The van der Waals surface area contributed by atoms with Gasteiger partial charge in [-0.1, -0.05) is 0 Å². The largest absolute Gasteiger partial charge is 0.452 e. The topological polar surface area (TPSA) is 53.8 Å². The molecule has 3 rings (SSSR count). The predicted octanol–water partition coefficient (Wildman–Crippen LogP) is 2.37. The monoisotopic (exact) mass is 404 g/mol. The minimum atomic E-state index is -0.205. The van der Waals surface area contributed by atoms with Crippen LogP contribution in [-0.4, -0.2) is 51.1 Å². The van der Waals surface area contributed by atoms with E-state index in [1.54, 1.807) is 11.8 Å². The number of furan rings is 1. The zero-order valence-electron chi connectivity index (χ0n) is 12.0. The van der Waals surface area contributed by atoms with Crippen molar-refractivity contribution in [3.63, 3.8) is 0 Å². The number of thiol groups is 1. The van der Waals surface area contributed by atoms with Gasteiger partial charge in [0.15, 0.2) is 4.67 Å². The first kappa shape index (κ1) is 16.3. The molecule has 2 aliphatic heterocycles. The molecule has 1 aromatic heterocycles. The highest BCUT2D eigenvalue weighted by molar-refractivity contribution is 9.10. The summed E-state index contributed by atoms with van der Waals surface area (Å²) in [6.07, 6.45) is 1.59. The Morgan fingerprint density at radius 3 is 2.73 bits per heavy atom. The lowest BCUT2D eigenvalue weighted by atomic mass is 10.0. The molecule has 22 heavy (non-hydrogen) atoms. The SMILES string of the molecule is O=C(CS)N1CCC2(CC1)SCC(=O)N2Cc1ccc(Br)o1. The Morgan fingerprint density at radius 2 is 2.14 bits per heavy atom. The van der Waals surface area contributed by atoms with E-state index >= 15 is 0 Å². The van der Waals surface area contributed by atoms with Crippen molar-refractivity contribution in [2.75, 3.05) is 24.6 Å². The maximum Gasteiger partial charge on any atom is 0.234 e. The van der Waals surface area contributed by atoms with E-state index in [4.69, 9.17) is 4.42 Å². The van der Waals surface area contributed by atoms with Crippen LogP contribution in [0.5, 0.6) is 0 Å². The molecule has 0 atom stereocenters. The molecule has 0 bridgehead atoms. The number of rotatable bonds is 3. The molecule has 120 valence electrons. The first-order valence-electron chi connectivity index (χ1n) is 7.11. The second-order valence-electron chi connectivity index (χ2n) is 5.46. The van der Waals surface area contributed by atoms with Gasteiger partial charge in [0.1, 0.15) is 5.76 Å². The standard InChI is InChI=1S/C14H17BrN2O3S2/c15-11-2-1-10(20-11)7-17-13(19)9-22-14(17)3-5-16(6-4-14)12(18)8-21/h1-2,21H,3-9H2. The van der Waals surface area contributed by atoms with Crippen LogP contribution in [0.4, 0.5) is 0 Å². The van der Waals surface area contributed by atoms with E-state index in [1.807, 2.05) is 21.9 Å². The van der Waals surface area contributed by atoms with Gasteiger partial charge in [-0.05, 0) is 40.9 Å². The lowest BCUT2D eigenvalue weighted by Gasteiger charge is -2.43. The first-order chi connectivity index (χ1) is 10.5. The summed E-state index contributed by atoms with van der Waals surface area (Å²) in [6, 6.07) is 3.72. The van der Waals surface area contributed by atoms with Crippen LogP contribution in [0.15, 0.2) is 21.2 Å². The summed E-state index contributed by atoms with van der Waals surface area (Å²) in [4.78, 5) is 27.6. The van der Waals surface area contributed by atoms with Crippen molar-refractivity contribution in [3.05, 3.63) is 22.6 Å². The maximum atomic E-state index is 12.3. The molecule has 0 aliphatic carbocycles. The van der Waals surface area contributed by atoms with Crippen LogP contribution in [0.1, 0.15) is 18.6 Å². The Kier molecular flexibility index (Phi) is 4.80. The quantitative estimate of drug-likeness (QED) is 0.785. The summed E-state index contributed by atoms with van der Waals surface area (Å²) in [5.74, 6) is 1.72. The summed E-state index contributed by atoms with van der Waals surface area (Å²) in [5.41, 5.74) is 0. The van der Waals surface area contributed by atoms with Crippen molar-refractivity contribution in [2.24, 2.45) is 0 Å². The lowest BCUT2D eigenvalue weighted by molar-refractivity contribution is -0.134. The molecule has 0 radical (unpaired) electrons. The fourth-order valence-corrected chi connectivity index (χ4v) is 4.91.